The van der Waals surface area contributed by atoms with E-state index in [2.05, 4.69) is 15.4 Å². The van der Waals surface area contributed by atoms with Gasteiger partial charge in [0.25, 0.3) is 6.01 Å². The summed E-state index contributed by atoms with van der Waals surface area (Å²) < 4.78 is 7.77. The number of carbonyl (C=O) groups is 1. The largest absolute Gasteiger partial charge is 0.423 e. The van der Waals surface area contributed by atoms with Gasteiger partial charge in [-0.25, -0.2) is 4.98 Å². The molecule has 158 valence electrons. The van der Waals surface area contributed by atoms with Crippen molar-refractivity contribution in [3.63, 3.8) is 0 Å². The summed E-state index contributed by atoms with van der Waals surface area (Å²) in [6.45, 7) is 0.416. The van der Waals surface area contributed by atoms with Gasteiger partial charge in [-0.15, -0.1) is 0 Å². The first-order chi connectivity index (χ1) is 15.0. The number of amides is 1. The molecule has 0 fully saturated rings. The predicted octanol–water partition coefficient (Wildman–Crippen LogP) is 3.40. The molecule has 0 saturated carbocycles. The standard InChI is InChI=1S/C23H24N6O2/c1-28(22(30)13-24)15-17-5-3-4-6-19(17)21-14-25-23(31-21)27-18-9-7-16(8-10-18)20-11-12-26-29(20)2/h3-12,14H,13,15,24H2,1-2H3,(H,25,27). The van der Waals surface area contributed by atoms with E-state index in [4.69, 9.17) is 10.2 Å². The number of anilines is 2. The second-order valence-corrected chi connectivity index (χ2v) is 7.18. The molecule has 8 nitrogen and oxygen atoms in total. The van der Waals surface area contributed by atoms with Gasteiger partial charge in [-0.1, -0.05) is 36.4 Å². The zero-order chi connectivity index (χ0) is 21.8. The van der Waals surface area contributed by atoms with Crippen LogP contribution in [0.1, 0.15) is 5.56 Å². The summed E-state index contributed by atoms with van der Waals surface area (Å²) in [6, 6.07) is 18.1. The van der Waals surface area contributed by atoms with Crippen molar-refractivity contribution >= 4 is 17.6 Å². The van der Waals surface area contributed by atoms with Gasteiger partial charge in [0.15, 0.2) is 5.76 Å². The molecule has 0 aliphatic carbocycles. The van der Waals surface area contributed by atoms with Gasteiger partial charge in [0, 0.05) is 38.1 Å². The first-order valence-corrected chi connectivity index (χ1v) is 9.89. The lowest BCUT2D eigenvalue weighted by molar-refractivity contribution is -0.128. The van der Waals surface area contributed by atoms with E-state index in [1.54, 1.807) is 24.3 Å². The van der Waals surface area contributed by atoms with E-state index in [0.29, 0.717) is 18.3 Å². The minimum atomic E-state index is -0.121. The molecule has 0 aliphatic rings. The highest BCUT2D eigenvalue weighted by molar-refractivity contribution is 5.78. The first-order valence-electron chi connectivity index (χ1n) is 9.89. The minimum Gasteiger partial charge on any atom is -0.423 e. The first kappa shape index (κ1) is 20.4. The molecule has 0 aliphatic heterocycles. The molecule has 8 heteroatoms. The number of hydrogen-bond donors (Lipinski definition) is 2. The number of benzene rings is 2. The lowest BCUT2D eigenvalue weighted by Gasteiger charge is -2.17. The fourth-order valence-corrected chi connectivity index (χ4v) is 3.36. The predicted molar refractivity (Wildman–Crippen MR) is 119 cm³/mol. The summed E-state index contributed by atoms with van der Waals surface area (Å²) in [5.41, 5.74) is 10.3. The van der Waals surface area contributed by atoms with Crippen LogP contribution in [0.15, 0.2) is 71.4 Å². The fraction of sp³-hybridized carbons (Fsp3) is 0.174. The van der Waals surface area contributed by atoms with Gasteiger partial charge < -0.3 is 20.4 Å². The number of likely N-dealkylation sites (N-methyl/N-ethyl adjacent to an activating group) is 1. The van der Waals surface area contributed by atoms with Crippen LogP contribution in [0.4, 0.5) is 11.7 Å². The molecular formula is C23H24N6O2. The number of aryl methyl sites for hydroxylation is 1. The number of hydrogen-bond acceptors (Lipinski definition) is 6. The van der Waals surface area contributed by atoms with Crippen molar-refractivity contribution in [3.8, 4) is 22.6 Å². The molecular weight excluding hydrogens is 392 g/mol. The fourth-order valence-electron chi connectivity index (χ4n) is 3.36. The molecule has 2 aromatic heterocycles. The Labute approximate surface area is 180 Å². The van der Waals surface area contributed by atoms with Crippen molar-refractivity contribution in [2.45, 2.75) is 6.54 Å². The van der Waals surface area contributed by atoms with Crippen LogP contribution < -0.4 is 11.1 Å². The molecule has 3 N–H and O–H groups in total. The number of nitrogens with zero attached hydrogens (tertiary/aromatic N) is 4. The average Bonchev–Trinajstić information content (AvgIpc) is 3.43. The van der Waals surface area contributed by atoms with Crippen LogP contribution in [0.3, 0.4) is 0 Å². The van der Waals surface area contributed by atoms with Crippen molar-refractivity contribution in [1.82, 2.24) is 19.7 Å². The van der Waals surface area contributed by atoms with E-state index in [9.17, 15) is 4.79 Å². The maximum atomic E-state index is 11.8. The number of aromatic nitrogens is 3. The number of nitrogens with two attached hydrogens (primary N) is 1. The molecule has 4 aromatic rings. The van der Waals surface area contributed by atoms with Gasteiger partial charge in [0.05, 0.1) is 18.4 Å². The zero-order valence-corrected chi connectivity index (χ0v) is 17.4. The van der Waals surface area contributed by atoms with Gasteiger partial charge in [-0.3, -0.25) is 9.48 Å². The van der Waals surface area contributed by atoms with Crippen LogP contribution in [0.25, 0.3) is 22.6 Å². The van der Waals surface area contributed by atoms with Gasteiger partial charge in [0.1, 0.15) is 0 Å². The molecule has 0 spiro atoms. The number of rotatable bonds is 7. The van der Waals surface area contributed by atoms with Gasteiger partial charge in [0.2, 0.25) is 5.91 Å². The van der Waals surface area contributed by atoms with E-state index in [1.165, 1.54) is 0 Å². The molecule has 0 unspecified atom stereocenters. The summed E-state index contributed by atoms with van der Waals surface area (Å²) in [7, 11) is 3.64. The normalized spacial score (nSPS) is 10.8. The van der Waals surface area contributed by atoms with Crippen molar-refractivity contribution in [2.24, 2.45) is 12.8 Å². The minimum absolute atomic E-state index is 0.0194. The quantitative estimate of drug-likeness (QED) is 0.479. The van der Waals surface area contributed by atoms with Crippen molar-refractivity contribution < 1.29 is 9.21 Å². The molecule has 0 radical (unpaired) electrons. The summed E-state index contributed by atoms with van der Waals surface area (Å²) in [5.74, 6) is 0.502. The van der Waals surface area contributed by atoms with Gasteiger partial charge >= 0.3 is 0 Å². The summed E-state index contributed by atoms with van der Waals surface area (Å²) in [6.07, 6.45) is 3.45. The molecule has 1 amide bonds. The second kappa shape index (κ2) is 8.85. The summed E-state index contributed by atoms with van der Waals surface area (Å²) >= 11 is 0. The third-order valence-corrected chi connectivity index (χ3v) is 5.05. The van der Waals surface area contributed by atoms with E-state index in [1.807, 2.05) is 66.3 Å². The van der Waals surface area contributed by atoms with Crippen molar-refractivity contribution in [1.29, 1.82) is 0 Å². The van der Waals surface area contributed by atoms with Crippen LogP contribution in [0, 0.1) is 0 Å². The van der Waals surface area contributed by atoms with Gasteiger partial charge in [-0.2, -0.15) is 5.10 Å². The highest BCUT2D eigenvalue weighted by Gasteiger charge is 2.14. The Kier molecular flexibility index (Phi) is 5.81. The maximum absolute atomic E-state index is 11.8. The van der Waals surface area contributed by atoms with E-state index >= 15 is 0 Å². The highest BCUT2D eigenvalue weighted by atomic mass is 16.4. The second-order valence-electron chi connectivity index (χ2n) is 7.18. The topological polar surface area (TPSA) is 102 Å². The average molecular weight is 416 g/mol. The van der Waals surface area contributed by atoms with Crippen molar-refractivity contribution in [3.05, 3.63) is 72.6 Å². The van der Waals surface area contributed by atoms with Crippen molar-refractivity contribution in [2.75, 3.05) is 18.9 Å². The third kappa shape index (κ3) is 4.49. The molecule has 0 atom stereocenters. The van der Waals surface area contributed by atoms with Crippen LogP contribution in [0.2, 0.25) is 0 Å². The number of carbonyl (C=O) groups excluding carboxylic acids is 1. The molecule has 2 aromatic carbocycles. The maximum Gasteiger partial charge on any atom is 0.299 e. The van der Waals surface area contributed by atoms with E-state index < -0.39 is 0 Å². The summed E-state index contributed by atoms with van der Waals surface area (Å²) in [5, 5.41) is 7.39. The lowest BCUT2D eigenvalue weighted by Crippen LogP contribution is -2.32. The Morgan fingerprint density at radius 2 is 1.94 bits per heavy atom. The monoisotopic (exact) mass is 416 g/mol. The Bertz CT molecular complexity index is 1180. The zero-order valence-electron chi connectivity index (χ0n) is 17.4. The smallest absolute Gasteiger partial charge is 0.299 e. The van der Waals surface area contributed by atoms with Crippen LogP contribution in [0.5, 0.6) is 0 Å². The molecule has 31 heavy (non-hydrogen) atoms. The van der Waals surface area contributed by atoms with E-state index in [0.717, 1.165) is 28.1 Å². The highest BCUT2D eigenvalue weighted by Crippen LogP contribution is 2.29. The van der Waals surface area contributed by atoms with E-state index in [-0.39, 0.29) is 12.5 Å². The Balaban J connectivity index is 1.50. The van der Waals surface area contributed by atoms with Crippen LogP contribution >= 0.6 is 0 Å². The third-order valence-electron chi connectivity index (χ3n) is 5.05. The Morgan fingerprint density at radius 1 is 1.16 bits per heavy atom. The SMILES string of the molecule is CN(Cc1ccccc1-c1cnc(Nc2ccc(-c3ccnn3C)cc2)o1)C(=O)CN. The number of nitrogens with one attached hydrogen (secondary N) is 1. The molecule has 0 bridgehead atoms. The lowest BCUT2D eigenvalue weighted by atomic mass is 10.1. The molecule has 4 rings (SSSR count). The Morgan fingerprint density at radius 3 is 2.65 bits per heavy atom. The van der Waals surface area contributed by atoms with Gasteiger partial charge in [-0.05, 0) is 29.3 Å². The molecule has 0 saturated heterocycles. The molecule has 2 heterocycles. The number of oxazole rings is 1. The van der Waals surface area contributed by atoms with Crippen LogP contribution in [-0.2, 0) is 18.4 Å². The summed E-state index contributed by atoms with van der Waals surface area (Å²) in [4.78, 5) is 17.8. The van der Waals surface area contributed by atoms with Crippen LogP contribution in [-0.4, -0.2) is 39.2 Å². The Hall–Kier alpha value is -3.91.